The largest absolute Gasteiger partial charge is 0.474 e. The summed E-state index contributed by atoms with van der Waals surface area (Å²) in [6.45, 7) is 2.34. The van der Waals surface area contributed by atoms with E-state index in [-0.39, 0.29) is 6.23 Å². The van der Waals surface area contributed by atoms with Crippen LogP contribution in [-0.4, -0.2) is 38.2 Å². The van der Waals surface area contributed by atoms with E-state index in [2.05, 4.69) is 10.6 Å². The maximum Gasteiger partial charge on any atom is 0.256 e. The smallest absolute Gasteiger partial charge is 0.256 e. The molecule has 0 aromatic heterocycles. The molecule has 1 heterocycles. The Balaban J connectivity index is 2.06. The minimum atomic E-state index is 0.0723. The Morgan fingerprint density at radius 1 is 1.91 bits per heavy atom. The number of nitrogens with one attached hydrogen (secondary N) is 2. The van der Waals surface area contributed by atoms with E-state index < -0.39 is 0 Å². The first-order chi connectivity index (χ1) is 5.33. The van der Waals surface area contributed by atoms with Crippen molar-refractivity contribution in [2.75, 3.05) is 26.8 Å². The Hall–Kier alpha value is -0.390. The molecule has 1 atom stereocenters. The number of thiocarbonyl (C=S) groups is 1. The molecule has 2 N–H and O–H groups in total. The van der Waals surface area contributed by atoms with Gasteiger partial charge in [-0.3, -0.25) is 5.32 Å². The Morgan fingerprint density at radius 2 is 2.73 bits per heavy atom. The molecule has 11 heavy (non-hydrogen) atoms. The molecule has 1 rings (SSSR count). The van der Waals surface area contributed by atoms with Crippen LogP contribution in [0.4, 0.5) is 0 Å². The number of rotatable bonds is 2. The van der Waals surface area contributed by atoms with Crippen molar-refractivity contribution < 1.29 is 9.47 Å². The summed E-state index contributed by atoms with van der Waals surface area (Å²) in [5.74, 6) is 0. The zero-order chi connectivity index (χ0) is 8.10. The van der Waals surface area contributed by atoms with E-state index >= 15 is 0 Å². The fraction of sp³-hybridized carbons (Fsp3) is 0.833. The molecule has 1 saturated heterocycles. The van der Waals surface area contributed by atoms with E-state index in [0.29, 0.717) is 11.7 Å². The summed E-state index contributed by atoms with van der Waals surface area (Å²) >= 11 is 4.77. The predicted octanol–water partition coefficient (Wildman–Crippen LogP) is -0.547. The molecule has 4 nitrogen and oxygen atoms in total. The van der Waals surface area contributed by atoms with Crippen molar-refractivity contribution in [1.29, 1.82) is 0 Å². The van der Waals surface area contributed by atoms with E-state index in [1.807, 2.05) is 0 Å². The second-order valence-corrected chi connectivity index (χ2v) is 2.56. The lowest BCUT2D eigenvalue weighted by Gasteiger charge is -2.11. The molecular formula is C6H12N2O2S. The van der Waals surface area contributed by atoms with Gasteiger partial charge in [-0.05, 0) is 12.2 Å². The second kappa shape index (κ2) is 4.48. The molecule has 0 radical (unpaired) electrons. The molecule has 0 aromatic rings. The summed E-state index contributed by atoms with van der Waals surface area (Å²) < 4.78 is 10.0. The molecule has 0 saturated carbocycles. The fourth-order valence-electron chi connectivity index (χ4n) is 0.859. The van der Waals surface area contributed by atoms with Gasteiger partial charge in [-0.25, -0.2) is 0 Å². The van der Waals surface area contributed by atoms with Crippen molar-refractivity contribution in [3.8, 4) is 0 Å². The van der Waals surface area contributed by atoms with Crippen LogP contribution in [0.2, 0.25) is 0 Å². The third-order valence-electron chi connectivity index (χ3n) is 1.41. The summed E-state index contributed by atoms with van der Waals surface area (Å²) in [7, 11) is 1.54. The molecule has 5 heteroatoms. The topological polar surface area (TPSA) is 42.5 Å². The summed E-state index contributed by atoms with van der Waals surface area (Å²) in [4.78, 5) is 0. The van der Waals surface area contributed by atoms with Crippen molar-refractivity contribution in [2.24, 2.45) is 0 Å². The Kier molecular flexibility index (Phi) is 3.55. The average molecular weight is 176 g/mol. The van der Waals surface area contributed by atoms with Crippen LogP contribution in [0.3, 0.4) is 0 Å². The van der Waals surface area contributed by atoms with Gasteiger partial charge in [0.2, 0.25) is 0 Å². The van der Waals surface area contributed by atoms with E-state index in [1.165, 1.54) is 7.11 Å². The first-order valence-electron chi connectivity index (χ1n) is 3.49. The number of hydrogen-bond donors (Lipinski definition) is 2. The maximum absolute atomic E-state index is 5.26. The quantitative estimate of drug-likeness (QED) is 0.553. The lowest BCUT2D eigenvalue weighted by molar-refractivity contribution is 0.103. The van der Waals surface area contributed by atoms with Crippen LogP contribution in [0.5, 0.6) is 0 Å². The van der Waals surface area contributed by atoms with Crippen LogP contribution in [0.15, 0.2) is 0 Å². The SMILES string of the molecule is COC(=S)NCC1NCCO1. The van der Waals surface area contributed by atoms with E-state index in [9.17, 15) is 0 Å². The first-order valence-corrected chi connectivity index (χ1v) is 3.90. The molecule has 1 unspecified atom stereocenters. The van der Waals surface area contributed by atoms with Gasteiger partial charge in [0.1, 0.15) is 6.23 Å². The summed E-state index contributed by atoms with van der Waals surface area (Å²) in [5.41, 5.74) is 0. The monoisotopic (exact) mass is 176 g/mol. The van der Waals surface area contributed by atoms with Gasteiger partial charge in [-0.15, -0.1) is 0 Å². The molecule has 1 aliphatic heterocycles. The predicted molar refractivity (Wildman–Crippen MR) is 45.4 cm³/mol. The highest BCUT2D eigenvalue weighted by Gasteiger charge is 2.13. The molecule has 1 fully saturated rings. The molecular weight excluding hydrogens is 164 g/mol. The normalized spacial score (nSPS) is 23.2. The van der Waals surface area contributed by atoms with Crippen LogP contribution in [-0.2, 0) is 9.47 Å². The fourth-order valence-corrected chi connectivity index (χ4v) is 0.943. The Morgan fingerprint density at radius 3 is 3.27 bits per heavy atom. The standard InChI is InChI=1S/C6H12N2O2S/c1-9-6(11)8-4-5-7-2-3-10-5/h5,7H,2-4H2,1H3,(H,8,11). The molecule has 1 aliphatic rings. The van der Waals surface area contributed by atoms with E-state index in [0.717, 1.165) is 13.2 Å². The molecule has 0 bridgehead atoms. The van der Waals surface area contributed by atoms with E-state index in [4.69, 9.17) is 21.7 Å². The van der Waals surface area contributed by atoms with Crippen LogP contribution >= 0.6 is 12.2 Å². The van der Waals surface area contributed by atoms with Gasteiger partial charge in [-0.2, -0.15) is 0 Å². The van der Waals surface area contributed by atoms with Gasteiger partial charge >= 0.3 is 0 Å². The van der Waals surface area contributed by atoms with Crippen LogP contribution < -0.4 is 10.6 Å². The van der Waals surface area contributed by atoms with Gasteiger partial charge in [0.15, 0.2) is 0 Å². The molecule has 0 spiro atoms. The lowest BCUT2D eigenvalue weighted by atomic mass is 10.5. The third kappa shape index (κ3) is 3.00. The summed E-state index contributed by atoms with van der Waals surface area (Å²) in [5, 5.41) is 6.44. The van der Waals surface area contributed by atoms with Gasteiger partial charge in [0, 0.05) is 6.54 Å². The second-order valence-electron chi connectivity index (χ2n) is 2.19. The maximum atomic E-state index is 5.26. The van der Waals surface area contributed by atoms with Crippen molar-refractivity contribution in [1.82, 2.24) is 10.6 Å². The lowest BCUT2D eigenvalue weighted by Crippen LogP contribution is -2.37. The van der Waals surface area contributed by atoms with Crippen LogP contribution in [0, 0.1) is 0 Å². The Labute approximate surface area is 71.2 Å². The number of ether oxygens (including phenoxy) is 2. The van der Waals surface area contributed by atoms with Gasteiger partial charge in [-0.1, -0.05) is 0 Å². The molecule has 0 aliphatic carbocycles. The zero-order valence-electron chi connectivity index (χ0n) is 6.42. The van der Waals surface area contributed by atoms with Crippen LogP contribution in [0.25, 0.3) is 0 Å². The van der Waals surface area contributed by atoms with Gasteiger partial charge in [0.05, 0.1) is 20.3 Å². The average Bonchev–Trinajstić information content (AvgIpc) is 2.52. The third-order valence-corrected chi connectivity index (χ3v) is 1.72. The molecule has 64 valence electrons. The summed E-state index contributed by atoms with van der Waals surface area (Å²) in [6, 6.07) is 0. The van der Waals surface area contributed by atoms with Crippen LogP contribution in [0.1, 0.15) is 0 Å². The Bertz CT molecular complexity index is 137. The summed E-state index contributed by atoms with van der Waals surface area (Å²) in [6.07, 6.45) is 0.0723. The molecule has 0 aromatic carbocycles. The zero-order valence-corrected chi connectivity index (χ0v) is 7.24. The van der Waals surface area contributed by atoms with Crippen molar-refractivity contribution in [3.05, 3.63) is 0 Å². The minimum Gasteiger partial charge on any atom is -0.474 e. The van der Waals surface area contributed by atoms with Crippen molar-refractivity contribution >= 4 is 17.4 Å². The molecule has 0 amide bonds. The highest BCUT2D eigenvalue weighted by Crippen LogP contribution is 1.92. The number of hydrogen-bond acceptors (Lipinski definition) is 4. The minimum absolute atomic E-state index is 0.0723. The first kappa shape index (κ1) is 8.70. The highest BCUT2D eigenvalue weighted by molar-refractivity contribution is 7.80. The van der Waals surface area contributed by atoms with Crippen molar-refractivity contribution in [2.45, 2.75) is 6.23 Å². The van der Waals surface area contributed by atoms with Gasteiger partial charge in [0.25, 0.3) is 5.17 Å². The highest BCUT2D eigenvalue weighted by atomic mass is 32.1. The number of methoxy groups -OCH3 is 1. The van der Waals surface area contributed by atoms with E-state index in [1.54, 1.807) is 0 Å². The van der Waals surface area contributed by atoms with Crippen molar-refractivity contribution in [3.63, 3.8) is 0 Å². The van der Waals surface area contributed by atoms with Gasteiger partial charge < -0.3 is 14.8 Å².